The molecule has 1 spiro atoms. The van der Waals surface area contributed by atoms with Gasteiger partial charge in [-0.05, 0) is 42.7 Å². The highest BCUT2D eigenvalue weighted by molar-refractivity contribution is 6.34. The van der Waals surface area contributed by atoms with Gasteiger partial charge in [-0.2, -0.15) is 0 Å². The van der Waals surface area contributed by atoms with Crippen molar-refractivity contribution < 1.29 is 23.9 Å². The number of ketones is 1. The van der Waals surface area contributed by atoms with E-state index in [2.05, 4.69) is 26.1 Å². The molecule has 3 rings (SSSR count). The first-order valence-corrected chi connectivity index (χ1v) is 9.98. The predicted molar refractivity (Wildman–Crippen MR) is 107 cm³/mol. The quantitative estimate of drug-likeness (QED) is 0.448. The molecule has 1 aromatic rings. The maximum atomic E-state index is 13.0. The monoisotopic (exact) mass is 420 g/mol. The number of esters is 1. The summed E-state index contributed by atoms with van der Waals surface area (Å²) < 4.78 is 4.99. The summed E-state index contributed by atoms with van der Waals surface area (Å²) in [6.45, 7) is 5.15. The van der Waals surface area contributed by atoms with Crippen molar-refractivity contribution in [2.24, 2.45) is 11.3 Å². The zero-order valence-corrected chi connectivity index (χ0v) is 17.5. The molecule has 156 valence electrons. The molecule has 2 atom stereocenters. The van der Waals surface area contributed by atoms with Crippen molar-refractivity contribution in [3.8, 4) is 0 Å². The van der Waals surface area contributed by atoms with Gasteiger partial charge in [-0.3, -0.25) is 19.3 Å². The molecule has 3 amide bonds. The van der Waals surface area contributed by atoms with Gasteiger partial charge in [-0.25, -0.2) is 4.79 Å². The van der Waals surface area contributed by atoms with Crippen LogP contribution in [-0.2, 0) is 14.3 Å². The van der Waals surface area contributed by atoms with Crippen LogP contribution in [0.3, 0.4) is 0 Å². The van der Waals surface area contributed by atoms with E-state index in [4.69, 9.17) is 16.3 Å². The summed E-state index contributed by atoms with van der Waals surface area (Å²) in [5.74, 6) is -1.42. The van der Waals surface area contributed by atoms with E-state index in [1.807, 2.05) is 0 Å². The van der Waals surface area contributed by atoms with Crippen LogP contribution in [0.2, 0.25) is 5.02 Å². The minimum atomic E-state index is -0.980. The van der Waals surface area contributed by atoms with E-state index in [-0.39, 0.29) is 21.9 Å². The van der Waals surface area contributed by atoms with Gasteiger partial charge in [-0.1, -0.05) is 44.5 Å². The van der Waals surface area contributed by atoms with Crippen LogP contribution in [-0.4, -0.2) is 47.3 Å². The number of imide groups is 1. The summed E-state index contributed by atoms with van der Waals surface area (Å²) in [5.41, 5.74) is -0.834. The Kier molecular flexibility index (Phi) is 5.72. The standard InChI is InChI=1S/C21H25ClN2O5/c1-13-8-20(2,3)12-21(9-13)18(27)24(19(28)23-21)10-17(26)29-11-16(25)14-6-4-5-7-15(14)22/h4-7,13H,8-12H2,1-3H3,(H,23,28)/t13-,21-/m1/s1. The normalized spacial score (nSPS) is 25.8. The molecule has 8 heteroatoms. The third-order valence-electron chi connectivity index (χ3n) is 5.45. The Balaban J connectivity index is 1.62. The Bertz CT molecular complexity index is 868. The molecule has 0 bridgehead atoms. The van der Waals surface area contributed by atoms with Gasteiger partial charge in [0.15, 0.2) is 6.61 Å². The van der Waals surface area contributed by atoms with Crippen LogP contribution < -0.4 is 5.32 Å². The first kappa shape index (κ1) is 21.3. The molecule has 1 N–H and O–H groups in total. The van der Waals surface area contributed by atoms with Crippen LogP contribution >= 0.6 is 11.6 Å². The SMILES string of the molecule is C[C@@H]1CC(C)(C)C[C@@]2(C1)NC(=O)N(CC(=O)OCC(=O)c1ccccc1Cl)C2=O. The lowest BCUT2D eigenvalue weighted by molar-refractivity contribution is -0.147. The molecule has 1 saturated carbocycles. The highest BCUT2D eigenvalue weighted by atomic mass is 35.5. The molecule has 7 nitrogen and oxygen atoms in total. The van der Waals surface area contributed by atoms with Crippen molar-refractivity contribution in [2.45, 2.75) is 45.6 Å². The fraction of sp³-hybridized carbons (Fsp3) is 0.524. The topological polar surface area (TPSA) is 92.8 Å². The van der Waals surface area contributed by atoms with E-state index < -0.39 is 42.4 Å². The molecule has 2 aliphatic rings. The van der Waals surface area contributed by atoms with Crippen LogP contribution in [0.1, 0.15) is 50.4 Å². The number of carbonyl (C=O) groups excluding carboxylic acids is 4. The molecular weight excluding hydrogens is 396 g/mol. The van der Waals surface area contributed by atoms with Gasteiger partial charge in [-0.15, -0.1) is 0 Å². The molecule has 1 saturated heterocycles. The third-order valence-corrected chi connectivity index (χ3v) is 5.78. The number of hydrogen-bond donors (Lipinski definition) is 1. The van der Waals surface area contributed by atoms with Crippen LogP contribution in [0.4, 0.5) is 4.79 Å². The lowest BCUT2D eigenvalue weighted by Crippen LogP contribution is -2.54. The fourth-order valence-corrected chi connectivity index (χ4v) is 4.98. The van der Waals surface area contributed by atoms with Gasteiger partial charge >= 0.3 is 12.0 Å². The van der Waals surface area contributed by atoms with Crippen LogP contribution in [0.5, 0.6) is 0 Å². The maximum Gasteiger partial charge on any atom is 0.326 e. The summed E-state index contributed by atoms with van der Waals surface area (Å²) in [7, 11) is 0. The number of halogens is 1. The number of Topliss-reactive ketones (excluding diaryl/α,β-unsaturated/α-hetero) is 1. The Labute approximate surface area is 174 Å². The van der Waals surface area contributed by atoms with Gasteiger partial charge in [0.25, 0.3) is 5.91 Å². The smallest absolute Gasteiger partial charge is 0.326 e. The first-order valence-electron chi connectivity index (χ1n) is 9.60. The van der Waals surface area contributed by atoms with E-state index in [1.165, 1.54) is 6.07 Å². The predicted octanol–water partition coefficient (Wildman–Crippen LogP) is 3.20. The second-order valence-corrected chi connectivity index (χ2v) is 9.23. The Morgan fingerprint density at radius 3 is 2.59 bits per heavy atom. The van der Waals surface area contributed by atoms with E-state index in [0.29, 0.717) is 12.8 Å². The van der Waals surface area contributed by atoms with E-state index in [9.17, 15) is 19.2 Å². The molecule has 29 heavy (non-hydrogen) atoms. The Hall–Kier alpha value is -2.41. The summed E-state index contributed by atoms with van der Waals surface area (Å²) in [6.07, 6.45) is 2.02. The summed E-state index contributed by atoms with van der Waals surface area (Å²) >= 11 is 5.96. The van der Waals surface area contributed by atoms with Crippen molar-refractivity contribution >= 4 is 35.3 Å². The van der Waals surface area contributed by atoms with Gasteiger partial charge < -0.3 is 10.1 Å². The van der Waals surface area contributed by atoms with E-state index in [1.54, 1.807) is 18.2 Å². The molecular formula is C21H25ClN2O5. The Morgan fingerprint density at radius 1 is 1.24 bits per heavy atom. The second-order valence-electron chi connectivity index (χ2n) is 8.82. The second kappa shape index (κ2) is 7.78. The molecule has 1 aromatic carbocycles. The van der Waals surface area contributed by atoms with Crippen LogP contribution in [0, 0.1) is 11.3 Å². The number of ether oxygens (including phenoxy) is 1. The minimum absolute atomic E-state index is 0.0987. The van der Waals surface area contributed by atoms with Gasteiger partial charge in [0.1, 0.15) is 12.1 Å². The van der Waals surface area contributed by atoms with Gasteiger partial charge in [0.05, 0.1) is 5.02 Å². The molecule has 0 aromatic heterocycles. The number of benzene rings is 1. The van der Waals surface area contributed by atoms with Crippen molar-refractivity contribution in [1.82, 2.24) is 10.2 Å². The fourth-order valence-electron chi connectivity index (χ4n) is 4.74. The largest absolute Gasteiger partial charge is 0.456 e. The van der Waals surface area contributed by atoms with E-state index in [0.717, 1.165) is 11.3 Å². The van der Waals surface area contributed by atoms with Crippen molar-refractivity contribution in [3.05, 3.63) is 34.9 Å². The first-order chi connectivity index (χ1) is 13.5. The van der Waals surface area contributed by atoms with Crippen LogP contribution in [0.15, 0.2) is 24.3 Å². The number of urea groups is 1. The highest BCUT2D eigenvalue weighted by Crippen LogP contribution is 2.46. The molecule has 0 radical (unpaired) electrons. The van der Waals surface area contributed by atoms with Crippen LogP contribution in [0.25, 0.3) is 0 Å². The summed E-state index contributed by atoms with van der Waals surface area (Å²) in [6, 6.07) is 5.84. The lowest BCUT2D eigenvalue weighted by Gasteiger charge is -2.43. The molecule has 2 fully saturated rings. The van der Waals surface area contributed by atoms with Gasteiger partial charge in [0.2, 0.25) is 5.78 Å². The third kappa shape index (κ3) is 4.45. The molecule has 0 unspecified atom stereocenters. The lowest BCUT2D eigenvalue weighted by atomic mass is 9.64. The summed E-state index contributed by atoms with van der Waals surface area (Å²) in [4.78, 5) is 50.7. The average Bonchev–Trinajstić information content (AvgIpc) is 2.81. The van der Waals surface area contributed by atoms with Crippen molar-refractivity contribution in [3.63, 3.8) is 0 Å². The van der Waals surface area contributed by atoms with E-state index >= 15 is 0 Å². The molecule has 1 heterocycles. The zero-order chi connectivity index (χ0) is 21.4. The minimum Gasteiger partial charge on any atom is -0.456 e. The number of hydrogen-bond acceptors (Lipinski definition) is 5. The number of nitrogens with zero attached hydrogens (tertiary/aromatic N) is 1. The molecule has 1 aliphatic heterocycles. The number of amides is 3. The Morgan fingerprint density at radius 2 is 1.93 bits per heavy atom. The highest BCUT2D eigenvalue weighted by Gasteiger charge is 2.56. The van der Waals surface area contributed by atoms with Gasteiger partial charge in [0, 0.05) is 5.56 Å². The number of rotatable bonds is 5. The average molecular weight is 421 g/mol. The summed E-state index contributed by atoms with van der Waals surface area (Å²) in [5, 5.41) is 3.07. The number of nitrogens with one attached hydrogen (secondary N) is 1. The zero-order valence-electron chi connectivity index (χ0n) is 16.8. The number of carbonyl (C=O) groups is 4. The van der Waals surface area contributed by atoms with Crippen molar-refractivity contribution in [1.29, 1.82) is 0 Å². The maximum absolute atomic E-state index is 13.0. The molecule has 1 aliphatic carbocycles. The van der Waals surface area contributed by atoms with Crippen molar-refractivity contribution in [2.75, 3.05) is 13.2 Å².